The van der Waals surface area contributed by atoms with Crippen LogP contribution >= 0.6 is 11.6 Å². The number of para-hydroxylation sites is 1. The first kappa shape index (κ1) is 21.7. The minimum absolute atomic E-state index is 0.159. The lowest BCUT2D eigenvalue weighted by Crippen LogP contribution is -2.38. The lowest BCUT2D eigenvalue weighted by atomic mass is 10.1. The Balaban J connectivity index is 1.25. The molecular weight excluding hydrogens is 458 g/mol. The van der Waals surface area contributed by atoms with Gasteiger partial charge in [-0.25, -0.2) is 4.98 Å². The molecule has 4 aromatic rings. The molecule has 0 spiro atoms. The Bertz CT molecular complexity index is 1410. The van der Waals surface area contributed by atoms with E-state index >= 15 is 0 Å². The zero-order valence-electron chi connectivity index (χ0n) is 17.9. The maximum absolute atomic E-state index is 12.7. The minimum atomic E-state index is -0.546. The number of nitrogens with zero attached hydrogens (tertiary/aromatic N) is 2. The molecule has 0 bridgehead atoms. The molecule has 10 heteroatoms. The third kappa shape index (κ3) is 4.13. The van der Waals surface area contributed by atoms with Gasteiger partial charge in [0.2, 0.25) is 0 Å². The molecule has 1 fully saturated rings. The summed E-state index contributed by atoms with van der Waals surface area (Å²) in [5.74, 6) is -0.276. The summed E-state index contributed by atoms with van der Waals surface area (Å²) in [6.07, 6.45) is 0.644. The van der Waals surface area contributed by atoms with E-state index in [4.69, 9.17) is 21.8 Å². The fraction of sp³-hybridized carbons (Fsp3) is 0.167. The second-order valence-corrected chi connectivity index (χ2v) is 8.42. The molecule has 2 aromatic carbocycles. The first-order chi connectivity index (χ1) is 16.4. The van der Waals surface area contributed by atoms with Gasteiger partial charge in [0.25, 0.3) is 17.7 Å². The average molecular weight is 478 g/mol. The Morgan fingerprint density at radius 1 is 1.12 bits per heavy atom. The van der Waals surface area contributed by atoms with Gasteiger partial charge in [0.15, 0.2) is 11.0 Å². The monoisotopic (exact) mass is 477 g/mol. The molecule has 1 saturated heterocycles. The number of aromatic nitrogens is 2. The van der Waals surface area contributed by atoms with Gasteiger partial charge in [0.05, 0.1) is 11.1 Å². The van der Waals surface area contributed by atoms with Gasteiger partial charge in [-0.3, -0.25) is 14.4 Å². The SMILES string of the molecule is NC(=O)c1cccc2[nH]c(-c3ccc(C(=O)NC4CCN(C(=O)c5ccc(Cl)o5)C4)cc3)nc12. The van der Waals surface area contributed by atoms with Gasteiger partial charge in [-0.05, 0) is 54.4 Å². The normalized spacial score (nSPS) is 15.6. The van der Waals surface area contributed by atoms with Crippen LogP contribution in [0, 0.1) is 0 Å². The number of benzene rings is 2. The predicted octanol–water partition coefficient (Wildman–Crippen LogP) is 3.22. The molecule has 1 unspecified atom stereocenters. The second-order valence-electron chi connectivity index (χ2n) is 8.04. The predicted molar refractivity (Wildman–Crippen MR) is 126 cm³/mol. The average Bonchev–Trinajstić information content (AvgIpc) is 3.57. The third-order valence-corrected chi connectivity index (χ3v) is 6.00. The van der Waals surface area contributed by atoms with Crippen molar-refractivity contribution in [3.8, 4) is 11.4 Å². The third-order valence-electron chi connectivity index (χ3n) is 5.79. The number of likely N-dealkylation sites (tertiary alicyclic amines) is 1. The highest BCUT2D eigenvalue weighted by atomic mass is 35.5. The molecule has 3 amide bonds. The number of amides is 3. The van der Waals surface area contributed by atoms with E-state index in [0.717, 1.165) is 5.56 Å². The molecule has 5 rings (SSSR count). The van der Waals surface area contributed by atoms with Crippen LogP contribution in [-0.4, -0.2) is 51.7 Å². The largest absolute Gasteiger partial charge is 0.440 e. The number of halogens is 1. The van der Waals surface area contributed by atoms with Crippen molar-refractivity contribution in [2.75, 3.05) is 13.1 Å². The first-order valence-electron chi connectivity index (χ1n) is 10.6. The maximum Gasteiger partial charge on any atom is 0.289 e. The molecule has 9 nitrogen and oxygen atoms in total. The van der Waals surface area contributed by atoms with Gasteiger partial charge in [0, 0.05) is 30.3 Å². The number of aromatic amines is 1. The van der Waals surface area contributed by atoms with Crippen molar-refractivity contribution in [1.82, 2.24) is 20.2 Å². The number of carbonyl (C=O) groups excluding carboxylic acids is 3. The van der Waals surface area contributed by atoms with Crippen molar-refractivity contribution in [2.24, 2.45) is 5.73 Å². The molecule has 2 aromatic heterocycles. The van der Waals surface area contributed by atoms with Gasteiger partial charge in [-0.15, -0.1) is 0 Å². The second kappa shape index (κ2) is 8.68. The Morgan fingerprint density at radius 3 is 2.62 bits per heavy atom. The van der Waals surface area contributed by atoms with E-state index in [-0.39, 0.29) is 28.8 Å². The highest BCUT2D eigenvalue weighted by molar-refractivity contribution is 6.29. The van der Waals surface area contributed by atoms with Gasteiger partial charge in [0.1, 0.15) is 11.3 Å². The number of carbonyl (C=O) groups is 3. The smallest absolute Gasteiger partial charge is 0.289 e. The summed E-state index contributed by atoms with van der Waals surface area (Å²) in [6.45, 7) is 0.905. The van der Waals surface area contributed by atoms with Crippen molar-refractivity contribution in [3.63, 3.8) is 0 Å². The van der Waals surface area contributed by atoms with Crippen LogP contribution in [-0.2, 0) is 0 Å². The lowest BCUT2D eigenvalue weighted by molar-refractivity contribution is 0.0753. The molecule has 0 saturated carbocycles. The van der Waals surface area contributed by atoms with Crippen LogP contribution < -0.4 is 11.1 Å². The highest BCUT2D eigenvalue weighted by Gasteiger charge is 2.29. The molecule has 1 aliphatic rings. The van der Waals surface area contributed by atoms with E-state index in [1.807, 2.05) is 6.07 Å². The van der Waals surface area contributed by atoms with Gasteiger partial charge in [-0.2, -0.15) is 0 Å². The Kier molecular flexibility index (Phi) is 5.54. The van der Waals surface area contributed by atoms with Crippen LogP contribution in [0.15, 0.2) is 59.0 Å². The van der Waals surface area contributed by atoms with E-state index in [9.17, 15) is 14.4 Å². The van der Waals surface area contributed by atoms with Gasteiger partial charge < -0.3 is 25.4 Å². The summed E-state index contributed by atoms with van der Waals surface area (Å²) in [4.78, 5) is 46.2. The first-order valence-corrected chi connectivity index (χ1v) is 11.0. The van der Waals surface area contributed by atoms with Crippen molar-refractivity contribution in [1.29, 1.82) is 0 Å². The number of nitrogens with two attached hydrogens (primary N) is 1. The van der Waals surface area contributed by atoms with Crippen LogP contribution in [0.3, 0.4) is 0 Å². The zero-order chi connectivity index (χ0) is 23.8. The topological polar surface area (TPSA) is 134 Å². The summed E-state index contributed by atoms with van der Waals surface area (Å²) in [7, 11) is 0. The molecule has 0 aliphatic carbocycles. The zero-order valence-corrected chi connectivity index (χ0v) is 18.6. The van der Waals surface area contributed by atoms with E-state index in [1.165, 1.54) is 12.1 Å². The summed E-state index contributed by atoms with van der Waals surface area (Å²) in [5.41, 5.74) is 8.23. The number of imidazole rings is 1. The molecular formula is C24H20ClN5O4. The van der Waals surface area contributed by atoms with Crippen molar-refractivity contribution in [2.45, 2.75) is 12.5 Å². The van der Waals surface area contributed by atoms with Crippen LogP contribution in [0.25, 0.3) is 22.4 Å². The molecule has 3 heterocycles. The molecule has 4 N–H and O–H groups in total. The molecule has 172 valence electrons. The molecule has 1 aliphatic heterocycles. The molecule has 1 atom stereocenters. The van der Waals surface area contributed by atoms with Crippen molar-refractivity contribution in [3.05, 3.63) is 76.7 Å². The summed E-state index contributed by atoms with van der Waals surface area (Å²) < 4.78 is 5.18. The van der Waals surface area contributed by atoms with Crippen LogP contribution in [0.1, 0.15) is 37.7 Å². The van der Waals surface area contributed by atoms with E-state index in [0.29, 0.717) is 47.5 Å². The number of fused-ring (bicyclic) bond motifs is 1. The Hall–Kier alpha value is -4.11. The van der Waals surface area contributed by atoms with E-state index < -0.39 is 5.91 Å². The van der Waals surface area contributed by atoms with Gasteiger partial charge in [-0.1, -0.05) is 18.2 Å². The number of hydrogen-bond donors (Lipinski definition) is 3. The minimum Gasteiger partial charge on any atom is -0.440 e. The number of H-pyrrole nitrogens is 1. The lowest BCUT2D eigenvalue weighted by Gasteiger charge is -2.16. The standard InChI is InChI=1S/C24H20ClN5O4/c25-19-9-8-18(34-19)24(33)30-11-10-15(12-30)27-23(32)14-6-4-13(5-7-14)22-28-17-3-1-2-16(21(26)31)20(17)29-22/h1-9,15H,10-12H2,(H2,26,31)(H,27,32)(H,28,29). The highest BCUT2D eigenvalue weighted by Crippen LogP contribution is 2.23. The fourth-order valence-corrected chi connectivity index (χ4v) is 4.21. The fourth-order valence-electron chi connectivity index (χ4n) is 4.06. The van der Waals surface area contributed by atoms with E-state index in [1.54, 1.807) is 41.3 Å². The molecule has 0 radical (unpaired) electrons. The number of furan rings is 1. The number of hydrogen-bond acceptors (Lipinski definition) is 5. The van der Waals surface area contributed by atoms with Crippen molar-refractivity contribution >= 4 is 40.4 Å². The maximum atomic E-state index is 12.7. The van der Waals surface area contributed by atoms with Crippen LogP contribution in [0.2, 0.25) is 5.22 Å². The number of rotatable bonds is 5. The summed E-state index contributed by atoms with van der Waals surface area (Å²) in [5, 5.41) is 3.13. The summed E-state index contributed by atoms with van der Waals surface area (Å²) in [6, 6.07) is 15.0. The summed E-state index contributed by atoms with van der Waals surface area (Å²) >= 11 is 5.75. The van der Waals surface area contributed by atoms with Crippen molar-refractivity contribution < 1.29 is 18.8 Å². The van der Waals surface area contributed by atoms with Gasteiger partial charge >= 0.3 is 0 Å². The number of primary amides is 1. The number of nitrogens with one attached hydrogen (secondary N) is 2. The van der Waals surface area contributed by atoms with Crippen LogP contribution in [0.4, 0.5) is 0 Å². The van der Waals surface area contributed by atoms with E-state index in [2.05, 4.69) is 15.3 Å². The quantitative estimate of drug-likeness (QED) is 0.405. The Morgan fingerprint density at radius 2 is 1.91 bits per heavy atom. The molecule has 34 heavy (non-hydrogen) atoms. The Labute approximate surface area is 198 Å². The van der Waals surface area contributed by atoms with Crippen LogP contribution in [0.5, 0.6) is 0 Å².